The van der Waals surface area contributed by atoms with Gasteiger partial charge in [0.1, 0.15) is 0 Å². The highest BCUT2D eigenvalue weighted by molar-refractivity contribution is 7.99. The number of fused-ring (bicyclic) bond motifs is 2. The molecule has 3 rings (SSSR count). The number of para-hydroxylation sites is 1. The van der Waals surface area contributed by atoms with E-state index in [1.165, 1.54) is 23.9 Å². The second kappa shape index (κ2) is 8.20. The molecule has 0 amide bonds. The third-order valence-corrected chi connectivity index (χ3v) is 5.08. The van der Waals surface area contributed by atoms with Gasteiger partial charge in [0.15, 0.2) is 0 Å². The van der Waals surface area contributed by atoms with Crippen molar-refractivity contribution in [1.82, 2.24) is 5.32 Å². The Balaban J connectivity index is 1.81. The zero-order valence-electron chi connectivity index (χ0n) is 14.1. The summed E-state index contributed by atoms with van der Waals surface area (Å²) in [6.07, 6.45) is -3.60. The molecule has 26 heavy (non-hydrogen) atoms. The van der Waals surface area contributed by atoms with Gasteiger partial charge in [0.2, 0.25) is 0 Å². The lowest BCUT2D eigenvalue weighted by Crippen LogP contribution is -2.24. The van der Waals surface area contributed by atoms with Crippen LogP contribution in [0.4, 0.5) is 30.2 Å². The van der Waals surface area contributed by atoms with Gasteiger partial charge in [-0.2, -0.15) is 13.2 Å². The molecule has 0 radical (unpaired) electrons. The van der Waals surface area contributed by atoms with Gasteiger partial charge in [0.05, 0.1) is 22.6 Å². The molecule has 0 saturated carbocycles. The highest BCUT2D eigenvalue weighted by Gasteiger charge is 2.33. The lowest BCUT2D eigenvalue weighted by molar-refractivity contribution is -0.137. The van der Waals surface area contributed by atoms with Crippen molar-refractivity contribution in [3.63, 3.8) is 0 Å². The Kier molecular flexibility index (Phi) is 5.95. The number of rotatable bonds is 7. The predicted molar refractivity (Wildman–Crippen MR) is 100 cm³/mol. The molecule has 5 N–H and O–H groups in total. The van der Waals surface area contributed by atoms with Gasteiger partial charge in [0, 0.05) is 29.4 Å². The molecular weight excluding hydrogens is 361 g/mol. The van der Waals surface area contributed by atoms with Crippen LogP contribution in [0.1, 0.15) is 12.0 Å². The smallest absolute Gasteiger partial charge is 0.383 e. The molecule has 8 heteroatoms. The summed E-state index contributed by atoms with van der Waals surface area (Å²) in [4.78, 5) is 1.48. The van der Waals surface area contributed by atoms with Crippen LogP contribution in [-0.2, 0) is 6.18 Å². The number of halogens is 3. The molecule has 0 bridgehead atoms. The van der Waals surface area contributed by atoms with E-state index in [-0.39, 0.29) is 0 Å². The highest BCUT2D eigenvalue weighted by atomic mass is 32.2. The van der Waals surface area contributed by atoms with Crippen molar-refractivity contribution in [2.75, 3.05) is 36.8 Å². The monoisotopic (exact) mass is 382 g/mol. The maximum Gasteiger partial charge on any atom is 0.416 e. The molecule has 0 atom stereocenters. The van der Waals surface area contributed by atoms with Crippen molar-refractivity contribution in [3.05, 3.63) is 42.0 Å². The summed E-state index contributed by atoms with van der Waals surface area (Å²) in [5, 5.41) is 9.58. The molecular formula is C18H21F3N4S. The van der Waals surface area contributed by atoms with Crippen molar-refractivity contribution >= 4 is 28.8 Å². The Hall–Kier alpha value is -1.90. The van der Waals surface area contributed by atoms with Gasteiger partial charge < -0.3 is 21.7 Å². The molecule has 140 valence electrons. The molecule has 1 aliphatic rings. The van der Waals surface area contributed by atoms with Crippen LogP contribution >= 0.6 is 11.8 Å². The molecule has 0 aliphatic carbocycles. The minimum absolute atomic E-state index is 0.468. The Bertz CT molecular complexity index is 765. The van der Waals surface area contributed by atoms with E-state index in [1.807, 2.05) is 24.3 Å². The van der Waals surface area contributed by atoms with Crippen LogP contribution in [0.25, 0.3) is 0 Å². The van der Waals surface area contributed by atoms with Crippen molar-refractivity contribution in [2.24, 2.45) is 5.73 Å². The molecule has 0 aromatic heterocycles. The minimum atomic E-state index is -4.38. The van der Waals surface area contributed by atoms with Gasteiger partial charge in [-0.05, 0) is 37.2 Å². The number of alkyl halides is 3. The molecule has 4 nitrogen and oxygen atoms in total. The second-order valence-electron chi connectivity index (χ2n) is 5.94. The summed E-state index contributed by atoms with van der Waals surface area (Å²) in [5.41, 5.74) is 6.83. The van der Waals surface area contributed by atoms with Gasteiger partial charge in [0.25, 0.3) is 0 Å². The van der Waals surface area contributed by atoms with Gasteiger partial charge >= 0.3 is 6.18 Å². The quantitative estimate of drug-likeness (QED) is 0.460. The average Bonchev–Trinajstić information content (AvgIpc) is 2.62. The lowest BCUT2D eigenvalue weighted by Gasteiger charge is -2.25. The van der Waals surface area contributed by atoms with Crippen LogP contribution in [0.3, 0.4) is 0 Å². The predicted octanol–water partition coefficient (Wildman–Crippen LogP) is 4.26. The van der Waals surface area contributed by atoms with E-state index in [2.05, 4.69) is 16.0 Å². The summed E-state index contributed by atoms with van der Waals surface area (Å²) < 4.78 is 39.8. The molecule has 0 saturated heterocycles. The Morgan fingerprint density at radius 2 is 1.85 bits per heavy atom. The summed E-state index contributed by atoms with van der Waals surface area (Å²) in [7, 11) is 0. The fraction of sp³-hybridized carbons (Fsp3) is 0.333. The number of nitrogens with one attached hydrogen (secondary N) is 3. The number of nitrogens with two attached hydrogens (primary N) is 1. The first-order valence-corrected chi connectivity index (χ1v) is 9.24. The van der Waals surface area contributed by atoms with Crippen LogP contribution in [0.2, 0.25) is 0 Å². The van der Waals surface area contributed by atoms with E-state index in [1.54, 1.807) is 0 Å². The van der Waals surface area contributed by atoms with E-state index < -0.39 is 11.7 Å². The molecule has 2 aromatic rings. The van der Waals surface area contributed by atoms with Crippen LogP contribution in [0.5, 0.6) is 0 Å². The first-order chi connectivity index (χ1) is 12.5. The standard InChI is InChI=1S/C18H21F3N4S/c19-18(20,21)12-10-14(24-8-3-7-23-9-6-22)17-16(11-12)26-15-5-2-1-4-13(15)25-17/h1-2,4-5,10-11,23-25H,3,6-9,22H2. The summed E-state index contributed by atoms with van der Waals surface area (Å²) in [6.45, 7) is 2.62. The maximum atomic E-state index is 13.3. The summed E-state index contributed by atoms with van der Waals surface area (Å²) >= 11 is 1.35. The summed E-state index contributed by atoms with van der Waals surface area (Å²) in [5.74, 6) is 0. The zero-order chi connectivity index (χ0) is 18.6. The molecule has 0 fully saturated rings. The van der Waals surface area contributed by atoms with Crippen LogP contribution < -0.4 is 21.7 Å². The highest BCUT2D eigenvalue weighted by Crippen LogP contribution is 2.49. The number of benzene rings is 2. The molecule has 0 unspecified atom stereocenters. The fourth-order valence-corrected chi connectivity index (χ4v) is 3.77. The first kappa shape index (κ1) is 18.9. The third-order valence-electron chi connectivity index (χ3n) is 3.96. The van der Waals surface area contributed by atoms with E-state index in [9.17, 15) is 13.2 Å². The van der Waals surface area contributed by atoms with Gasteiger partial charge in [-0.1, -0.05) is 23.9 Å². The fourth-order valence-electron chi connectivity index (χ4n) is 2.70. The van der Waals surface area contributed by atoms with E-state index in [0.29, 0.717) is 29.4 Å². The Labute approximate surface area is 154 Å². The molecule has 0 spiro atoms. The minimum Gasteiger partial charge on any atom is -0.383 e. The first-order valence-electron chi connectivity index (χ1n) is 8.43. The zero-order valence-corrected chi connectivity index (χ0v) is 14.9. The molecule has 1 heterocycles. The van der Waals surface area contributed by atoms with Crippen LogP contribution in [-0.4, -0.2) is 26.2 Å². The van der Waals surface area contributed by atoms with Gasteiger partial charge in [-0.3, -0.25) is 0 Å². The van der Waals surface area contributed by atoms with Crippen LogP contribution in [0, 0.1) is 0 Å². The average molecular weight is 382 g/mol. The van der Waals surface area contributed by atoms with Crippen molar-refractivity contribution < 1.29 is 13.2 Å². The van der Waals surface area contributed by atoms with Crippen molar-refractivity contribution in [1.29, 1.82) is 0 Å². The largest absolute Gasteiger partial charge is 0.416 e. The number of anilines is 3. The van der Waals surface area contributed by atoms with Gasteiger partial charge in [-0.15, -0.1) is 0 Å². The van der Waals surface area contributed by atoms with E-state index >= 15 is 0 Å². The van der Waals surface area contributed by atoms with E-state index in [4.69, 9.17) is 5.73 Å². The van der Waals surface area contributed by atoms with E-state index in [0.717, 1.165) is 30.1 Å². The van der Waals surface area contributed by atoms with Gasteiger partial charge in [-0.25, -0.2) is 0 Å². The number of hydrogen-bond acceptors (Lipinski definition) is 5. The molecule has 2 aromatic carbocycles. The van der Waals surface area contributed by atoms with Crippen LogP contribution in [0.15, 0.2) is 46.2 Å². The van der Waals surface area contributed by atoms with Crippen molar-refractivity contribution in [3.8, 4) is 0 Å². The van der Waals surface area contributed by atoms with Crippen molar-refractivity contribution in [2.45, 2.75) is 22.4 Å². The summed E-state index contributed by atoms with van der Waals surface area (Å²) in [6, 6.07) is 9.97. The normalized spacial score (nSPS) is 12.9. The number of hydrogen-bond donors (Lipinski definition) is 4. The second-order valence-corrected chi connectivity index (χ2v) is 7.02. The third kappa shape index (κ3) is 4.44. The topological polar surface area (TPSA) is 62.1 Å². The molecule has 1 aliphatic heterocycles. The Morgan fingerprint density at radius 1 is 1.04 bits per heavy atom. The SMILES string of the molecule is NCCNCCCNc1cc(C(F)(F)F)cc2c1Nc1ccccc1S2. The Morgan fingerprint density at radius 3 is 2.62 bits per heavy atom. The maximum absolute atomic E-state index is 13.3. The lowest BCUT2D eigenvalue weighted by atomic mass is 10.1.